The molecule has 21 heavy (non-hydrogen) atoms. The lowest BCUT2D eigenvalue weighted by Gasteiger charge is -2.16. The number of nitrogens with zero attached hydrogens (tertiary/aromatic N) is 3. The van der Waals surface area contributed by atoms with E-state index in [9.17, 15) is 0 Å². The molecule has 1 heterocycles. The van der Waals surface area contributed by atoms with Crippen molar-refractivity contribution in [2.75, 3.05) is 5.32 Å². The van der Waals surface area contributed by atoms with Crippen LogP contribution in [0, 0.1) is 0 Å². The first kappa shape index (κ1) is 13.8. The number of rotatable bonds is 4. The number of hydrogen-bond acceptors (Lipinski definition) is 4. The summed E-state index contributed by atoms with van der Waals surface area (Å²) in [6.07, 6.45) is 0. The van der Waals surface area contributed by atoms with E-state index < -0.39 is 0 Å². The van der Waals surface area contributed by atoms with E-state index in [1.165, 1.54) is 5.56 Å². The normalized spacial score (nSPS) is 12.1. The second-order valence-electron chi connectivity index (χ2n) is 4.73. The SMILES string of the molecule is CC(Nc1cccc(-c2nn[nH]n2)c1)c1ccc(Br)cc1. The Kier molecular flexibility index (Phi) is 3.96. The van der Waals surface area contributed by atoms with E-state index in [4.69, 9.17) is 0 Å². The van der Waals surface area contributed by atoms with Crippen molar-refractivity contribution in [1.29, 1.82) is 0 Å². The van der Waals surface area contributed by atoms with E-state index in [1.54, 1.807) is 0 Å². The zero-order chi connectivity index (χ0) is 14.7. The Hall–Kier alpha value is -2.21. The smallest absolute Gasteiger partial charge is 0.204 e. The molecule has 0 saturated heterocycles. The van der Waals surface area contributed by atoms with Crippen molar-refractivity contribution in [3.63, 3.8) is 0 Å². The molecule has 0 aliphatic rings. The van der Waals surface area contributed by atoms with Crippen LogP contribution in [0.15, 0.2) is 53.0 Å². The average Bonchev–Trinajstić information content (AvgIpc) is 3.02. The Bertz CT molecular complexity index is 709. The molecule has 1 unspecified atom stereocenters. The molecule has 3 aromatic rings. The summed E-state index contributed by atoms with van der Waals surface area (Å²) in [5.74, 6) is 0.593. The first-order valence-corrected chi connectivity index (χ1v) is 7.37. The summed E-state index contributed by atoms with van der Waals surface area (Å²) < 4.78 is 1.08. The van der Waals surface area contributed by atoms with Gasteiger partial charge in [-0.1, -0.05) is 40.2 Å². The Morgan fingerprint density at radius 2 is 1.95 bits per heavy atom. The second kappa shape index (κ2) is 6.05. The zero-order valence-electron chi connectivity index (χ0n) is 11.4. The van der Waals surface area contributed by atoms with Gasteiger partial charge in [0.15, 0.2) is 0 Å². The molecule has 2 aromatic carbocycles. The number of aromatic nitrogens is 4. The van der Waals surface area contributed by atoms with Gasteiger partial charge in [-0.15, -0.1) is 10.2 Å². The molecule has 0 amide bonds. The van der Waals surface area contributed by atoms with Crippen molar-refractivity contribution >= 4 is 21.6 Å². The number of nitrogens with one attached hydrogen (secondary N) is 2. The molecule has 1 aromatic heterocycles. The molecule has 1 atom stereocenters. The van der Waals surface area contributed by atoms with Gasteiger partial charge in [0.1, 0.15) is 0 Å². The molecule has 5 nitrogen and oxygen atoms in total. The van der Waals surface area contributed by atoms with Crippen LogP contribution in [0.5, 0.6) is 0 Å². The molecule has 0 radical (unpaired) electrons. The fraction of sp³-hybridized carbons (Fsp3) is 0.133. The van der Waals surface area contributed by atoms with Crippen LogP contribution in [0.25, 0.3) is 11.4 Å². The van der Waals surface area contributed by atoms with Crippen molar-refractivity contribution in [3.8, 4) is 11.4 Å². The molecule has 2 N–H and O–H groups in total. The van der Waals surface area contributed by atoms with Crippen LogP contribution in [0.2, 0.25) is 0 Å². The van der Waals surface area contributed by atoms with Gasteiger partial charge in [0.25, 0.3) is 0 Å². The summed E-state index contributed by atoms with van der Waals surface area (Å²) in [6, 6.07) is 16.5. The Balaban J connectivity index is 1.78. The highest BCUT2D eigenvalue weighted by molar-refractivity contribution is 9.10. The monoisotopic (exact) mass is 343 g/mol. The van der Waals surface area contributed by atoms with Gasteiger partial charge < -0.3 is 5.32 Å². The van der Waals surface area contributed by atoms with Crippen LogP contribution in [0.3, 0.4) is 0 Å². The van der Waals surface area contributed by atoms with Crippen LogP contribution in [-0.4, -0.2) is 20.6 Å². The van der Waals surface area contributed by atoms with Crippen LogP contribution < -0.4 is 5.32 Å². The van der Waals surface area contributed by atoms with E-state index in [0.717, 1.165) is 15.7 Å². The van der Waals surface area contributed by atoms with Crippen molar-refractivity contribution in [2.45, 2.75) is 13.0 Å². The first-order valence-electron chi connectivity index (χ1n) is 6.58. The van der Waals surface area contributed by atoms with E-state index in [0.29, 0.717) is 5.82 Å². The van der Waals surface area contributed by atoms with Crippen molar-refractivity contribution in [1.82, 2.24) is 20.6 Å². The minimum absolute atomic E-state index is 0.207. The summed E-state index contributed by atoms with van der Waals surface area (Å²) in [6.45, 7) is 2.13. The molecule has 0 fully saturated rings. The third kappa shape index (κ3) is 3.28. The predicted octanol–water partition coefficient (Wildman–Crippen LogP) is 3.80. The zero-order valence-corrected chi connectivity index (χ0v) is 13.0. The summed E-state index contributed by atoms with van der Waals surface area (Å²) >= 11 is 3.45. The Labute approximate surface area is 130 Å². The Morgan fingerprint density at radius 3 is 2.67 bits per heavy atom. The number of anilines is 1. The molecular weight excluding hydrogens is 330 g/mol. The molecule has 0 spiro atoms. The number of aromatic amines is 1. The standard InChI is InChI=1S/C15H14BrN5/c1-10(11-5-7-13(16)8-6-11)17-14-4-2-3-12(9-14)15-18-20-21-19-15/h2-10,17H,1H3,(H,18,19,20,21). The summed E-state index contributed by atoms with van der Waals surface area (Å²) in [4.78, 5) is 0. The van der Waals surface area contributed by atoms with E-state index >= 15 is 0 Å². The molecule has 3 rings (SSSR count). The highest BCUT2D eigenvalue weighted by Crippen LogP contribution is 2.24. The van der Waals surface area contributed by atoms with Crippen LogP contribution in [-0.2, 0) is 0 Å². The van der Waals surface area contributed by atoms with Gasteiger partial charge in [-0.3, -0.25) is 0 Å². The Morgan fingerprint density at radius 1 is 1.14 bits per heavy atom. The maximum Gasteiger partial charge on any atom is 0.204 e. The lowest BCUT2D eigenvalue weighted by Crippen LogP contribution is -2.06. The van der Waals surface area contributed by atoms with Gasteiger partial charge in [0.05, 0.1) is 0 Å². The molecule has 106 valence electrons. The van der Waals surface area contributed by atoms with Gasteiger partial charge in [0.2, 0.25) is 5.82 Å². The summed E-state index contributed by atoms with van der Waals surface area (Å²) in [5, 5.41) is 17.5. The molecule has 0 aliphatic heterocycles. The maximum absolute atomic E-state index is 3.99. The topological polar surface area (TPSA) is 66.5 Å². The number of hydrogen-bond donors (Lipinski definition) is 2. The van der Waals surface area contributed by atoms with Gasteiger partial charge in [-0.2, -0.15) is 5.21 Å². The van der Waals surface area contributed by atoms with Crippen LogP contribution in [0.4, 0.5) is 5.69 Å². The van der Waals surface area contributed by atoms with E-state index in [-0.39, 0.29) is 6.04 Å². The number of benzene rings is 2. The third-order valence-electron chi connectivity index (χ3n) is 3.22. The number of tetrazole rings is 1. The molecule has 0 bridgehead atoms. The van der Waals surface area contributed by atoms with Crippen LogP contribution >= 0.6 is 15.9 Å². The summed E-state index contributed by atoms with van der Waals surface area (Å²) in [5.41, 5.74) is 3.17. The highest BCUT2D eigenvalue weighted by Gasteiger charge is 2.07. The van der Waals surface area contributed by atoms with E-state index in [1.807, 2.05) is 36.4 Å². The van der Waals surface area contributed by atoms with Crippen LogP contribution in [0.1, 0.15) is 18.5 Å². The van der Waals surface area contributed by atoms with Crippen molar-refractivity contribution in [3.05, 3.63) is 58.6 Å². The fourth-order valence-electron chi connectivity index (χ4n) is 2.12. The third-order valence-corrected chi connectivity index (χ3v) is 3.75. The fourth-order valence-corrected chi connectivity index (χ4v) is 2.38. The van der Waals surface area contributed by atoms with E-state index in [2.05, 4.69) is 60.9 Å². The first-order chi connectivity index (χ1) is 10.2. The molecular formula is C15H14BrN5. The molecule has 0 saturated carbocycles. The van der Waals surface area contributed by atoms with Crippen molar-refractivity contribution in [2.24, 2.45) is 0 Å². The average molecular weight is 344 g/mol. The van der Waals surface area contributed by atoms with Crippen molar-refractivity contribution < 1.29 is 0 Å². The number of halogens is 1. The lowest BCUT2D eigenvalue weighted by molar-refractivity contribution is 0.881. The van der Waals surface area contributed by atoms with Gasteiger partial charge in [-0.25, -0.2) is 0 Å². The second-order valence-corrected chi connectivity index (χ2v) is 5.65. The lowest BCUT2D eigenvalue weighted by atomic mass is 10.1. The molecule has 6 heteroatoms. The van der Waals surface area contributed by atoms with Gasteiger partial charge in [0, 0.05) is 21.8 Å². The number of H-pyrrole nitrogens is 1. The van der Waals surface area contributed by atoms with Gasteiger partial charge >= 0.3 is 0 Å². The highest BCUT2D eigenvalue weighted by atomic mass is 79.9. The largest absolute Gasteiger partial charge is 0.379 e. The minimum atomic E-state index is 0.207. The quantitative estimate of drug-likeness (QED) is 0.755. The summed E-state index contributed by atoms with van der Waals surface area (Å²) in [7, 11) is 0. The molecule has 0 aliphatic carbocycles. The van der Waals surface area contributed by atoms with Gasteiger partial charge in [-0.05, 0) is 42.0 Å². The minimum Gasteiger partial charge on any atom is -0.379 e. The maximum atomic E-state index is 3.99. The predicted molar refractivity (Wildman–Crippen MR) is 85.8 cm³/mol.